The highest BCUT2D eigenvalue weighted by Crippen LogP contribution is 2.33. The van der Waals surface area contributed by atoms with Crippen LogP contribution in [0.25, 0.3) is 22.3 Å². The minimum absolute atomic E-state index is 0.632. The Balaban J connectivity index is 2.26. The average molecular weight is 301 g/mol. The van der Waals surface area contributed by atoms with Gasteiger partial charge >= 0.3 is 0 Å². The summed E-state index contributed by atoms with van der Waals surface area (Å²) in [7, 11) is 0. The van der Waals surface area contributed by atoms with Crippen molar-refractivity contribution >= 4 is 33.2 Å². The number of fused-ring (bicyclic) bond motifs is 1. The van der Waals surface area contributed by atoms with Crippen molar-refractivity contribution in [3.63, 3.8) is 0 Å². The largest absolute Gasteiger partial charge is 0.455 e. The maximum absolute atomic E-state index is 11.0. The van der Waals surface area contributed by atoms with Gasteiger partial charge in [0.15, 0.2) is 6.29 Å². The van der Waals surface area contributed by atoms with Crippen LogP contribution >= 0.6 is 15.9 Å². The van der Waals surface area contributed by atoms with E-state index < -0.39 is 0 Å². The molecule has 0 aliphatic heterocycles. The van der Waals surface area contributed by atoms with Gasteiger partial charge in [-0.3, -0.25) is 4.79 Å². The first-order valence-corrected chi connectivity index (χ1v) is 6.31. The molecular formula is C15H9BrO2. The van der Waals surface area contributed by atoms with Gasteiger partial charge in [-0.2, -0.15) is 0 Å². The number of halogens is 1. The number of carbonyl (C=O) groups is 1. The molecule has 1 aromatic heterocycles. The normalized spacial score (nSPS) is 10.7. The molecular weight excluding hydrogens is 292 g/mol. The average Bonchev–Trinajstić information content (AvgIpc) is 2.84. The van der Waals surface area contributed by atoms with Gasteiger partial charge in [-0.05, 0) is 28.1 Å². The lowest BCUT2D eigenvalue weighted by Gasteiger charge is -1.99. The summed E-state index contributed by atoms with van der Waals surface area (Å²) in [5.74, 6) is 0.708. The number of para-hydroxylation sites is 1. The maximum Gasteiger partial charge on any atom is 0.150 e. The smallest absolute Gasteiger partial charge is 0.150 e. The molecule has 0 unspecified atom stereocenters. The van der Waals surface area contributed by atoms with E-state index in [0.717, 1.165) is 27.3 Å². The molecule has 3 heteroatoms. The van der Waals surface area contributed by atoms with Crippen LogP contribution in [0.3, 0.4) is 0 Å². The van der Waals surface area contributed by atoms with E-state index in [2.05, 4.69) is 15.9 Å². The molecule has 3 rings (SSSR count). The third-order valence-electron chi connectivity index (χ3n) is 2.85. The van der Waals surface area contributed by atoms with Crippen LogP contribution in [0.5, 0.6) is 0 Å². The summed E-state index contributed by atoms with van der Waals surface area (Å²) in [4.78, 5) is 11.0. The Morgan fingerprint density at radius 3 is 2.67 bits per heavy atom. The van der Waals surface area contributed by atoms with Gasteiger partial charge in [0.2, 0.25) is 0 Å². The maximum atomic E-state index is 11.0. The van der Waals surface area contributed by atoms with Crippen molar-refractivity contribution < 1.29 is 9.21 Å². The molecule has 0 saturated carbocycles. The van der Waals surface area contributed by atoms with Crippen LogP contribution in [-0.2, 0) is 0 Å². The number of rotatable bonds is 2. The molecule has 2 aromatic carbocycles. The van der Waals surface area contributed by atoms with E-state index in [-0.39, 0.29) is 0 Å². The highest BCUT2D eigenvalue weighted by Gasteiger charge is 2.11. The molecule has 18 heavy (non-hydrogen) atoms. The van der Waals surface area contributed by atoms with Crippen LogP contribution in [0.1, 0.15) is 10.4 Å². The van der Waals surface area contributed by atoms with Crippen LogP contribution in [0.2, 0.25) is 0 Å². The van der Waals surface area contributed by atoms with E-state index >= 15 is 0 Å². The second kappa shape index (κ2) is 4.42. The number of hydrogen-bond acceptors (Lipinski definition) is 2. The first-order chi connectivity index (χ1) is 8.79. The van der Waals surface area contributed by atoms with E-state index in [0.29, 0.717) is 11.3 Å². The molecule has 0 N–H and O–H groups in total. The Labute approximate surface area is 112 Å². The third kappa shape index (κ3) is 1.77. The van der Waals surface area contributed by atoms with E-state index in [9.17, 15) is 4.79 Å². The molecule has 0 bridgehead atoms. The standard InChI is InChI=1S/C15H9BrO2/c16-13-7-3-5-10-8-14(18-15(10)13)12-6-2-1-4-11(12)9-17/h1-9H. The second-order valence-electron chi connectivity index (χ2n) is 3.97. The lowest BCUT2D eigenvalue weighted by molar-refractivity contribution is 0.112. The zero-order valence-electron chi connectivity index (χ0n) is 9.39. The molecule has 0 amide bonds. The van der Waals surface area contributed by atoms with Gasteiger partial charge in [0.25, 0.3) is 0 Å². The lowest BCUT2D eigenvalue weighted by Crippen LogP contribution is -1.84. The van der Waals surface area contributed by atoms with E-state index in [1.165, 1.54) is 0 Å². The second-order valence-corrected chi connectivity index (χ2v) is 4.83. The highest BCUT2D eigenvalue weighted by molar-refractivity contribution is 9.10. The molecule has 88 valence electrons. The topological polar surface area (TPSA) is 30.2 Å². The van der Waals surface area contributed by atoms with Gasteiger partial charge in [-0.25, -0.2) is 0 Å². The molecule has 0 aliphatic carbocycles. The first-order valence-electron chi connectivity index (χ1n) is 5.52. The van der Waals surface area contributed by atoms with Crippen molar-refractivity contribution in [2.45, 2.75) is 0 Å². The minimum Gasteiger partial charge on any atom is -0.455 e. The van der Waals surface area contributed by atoms with Crippen molar-refractivity contribution in [3.05, 3.63) is 58.6 Å². The molecule has 3 aromatic rings. The molecule has 0 aliphatic rings. The molecule has 0 fully saturated rings. The summed E-state index contributed by atoms with van der Waals surface area (Å²) < 4.78 is 6.73. The molecule has 0 saturated heterocycles. The summed E-state index contributed by atoms with van der Waals surface area (Å²) in [6.07, 6.45) is 0.845. The van der Waals surface area contributed by atoms with Crippen molar-refractivity contribution in [2.24, 2.45) is 0 Å². The predicted molar refractivity (Wildman–Crippen MR) is 74.7 cm³/mol. The highest BCUT2D eigenvalue weighted by atomic mass is 79.9. The number of hydrogen-bond donors (Lipinski definition) is 0. The first kappa shape index (κ1) is 11.2. The number of carbonyl (C=O) groups excluding carboxylic acids is 1. The fraction of sp³-hybridized carbons (Fsp3) is 0. The zero-order chi connectivity index (χ0) is 12.5. The number of aldehydes is 1. The van der Waals surface area contributed by atoms with Crippen molar-refractivity contribution in [3.8, 4) is 11.3 Å². The van der Waals surface area contributed by atoms with Crippen LogP contribution in [0.4, 0.5) is 0 Å². The van der Waals surface area contributed by atoms with Gasteiger partial charge in [0, 0.05) is 16.5 Å². The van der Waals surface area contributed by atoms with Crippen LogP contribution < -0.4 is 0 Å². The van der Waals surface area contributed by atoms with Crippen LogP contribution in [-0.4, -0.2) is 6.29 Å². The molecule has 0 atom stereocenters. The molecule has 2 nitrogen and oxygen atoms in total. The summed E-state index contributed by atoms with van der Waals surface area (Å²) in [6, 6.07) is 15.2. The fourth-order valence-corrected chi connectivity index (χ4v) is 2.45. The lowest BCUT2D eigenvalue weighted by atomic mass is 10.1. The van der Waals surface area contributed by atoms with E-state index in [1.807, 2.05) is 42.5 Å². The molecule has 1 heterocycles. The van der Waals surface area contributed by atoms with Crippen molar-refractivity contribution in [1.82, 2.24) is 0 Å². The minimum atomic E-state index is 0.632. The number of benzene rings is 2. The van der Waals surface area contributed by atoms with Crippen molar-refractivity contribution in [1.29, 1.82) is 0 Å². The molecule has 0 radical (unpaired) electrons. The summed E-state index contributed by atoms with van der Waals surface area (Å²) >= 11 is 3.46. The fourth-order valence-electron chi connectivity index (χ4n) is 1.98. The zero-order valence-corrected chi connectivity index (χ0v) is 11.0. The van der Waals surface area contributed by atoms with Gasteiger partial charge in [-0.1, -0.05) is 36.4 Å². The summed E-state index contributed by atoms with van der Waals surface area (Å²) in [5.41, 5.74) is 2.25. The Kier molecular flexibility index (Phi) is 2.76. The van der Waals surface area contributed by atoms with Crippen LogP contribution in [0.15, 0.2) is 57.4 Å². The Bertz CT molecular complexity index is 728. The van der Waals surface area contributed by atoms with E-state index in [1.54, 1.807) is 6.07 Å². The van der Waals surface area contributed by atoms with Gasteiger partial charge < -0.3 is 4.42 Å². The Morgan fingerprint density at radius 2 is 1.89 bits per heavy atom. The Hall–Kier alpha value is -1.87. The third-order valence-corrected chi connectivity index (χ3v) is 3.47. The van der Waals surface area contributed by atoms with Crippen molar-refractivity contribution in [2.75, 3.05) is 0 Å². The quantitative estimate of drug-likeness (QED) is 0.644. The van der Waals surface area contributed by atoms with Gasteiger partial charge in [-0.15, -0.1) is 0 Å². The predicted octanol–water partition coefficient (Wildman–Crippen LogP) is 4.67. The van der Waals surface area contributed by atoms with Crippen LogP contribution in [0, 0.1) is 0 Å². The monoisotopic (exact) mass is 300 g/mol. The Morgan fingerprint density at radius 1 is 1.06 bits per heavy atom. The van der Waals surface area contributed by atoms with E-state index in [4.69, 9.17) is 4.42 Å². The summed E-state index contributed by atoms with van der Waals surface area (Å²) in [5, 5.41) is 1.01. The van der Waals surface area contributed by atoms with Gasteiger partial charge in [0.1, 0.15) is 11.3 Å². The molecule has 0 spiro atoms. The number of furan rings is 1. The summed E-state index contributed by atoms with van der Waals surface area (Å²) in [6.45, 7) is 0. The van der Waals surface area contributed by atoms with Gasteiger partial charge in [0.05, 0.1) is 4.47 Å². The SMILES string of the molecule is O=Cc1ccccc1-c1cc2cccc(Br)c2o1.